The SMILES string of the molecule is CC(=O)Nc1ccc(C(=O)N[C@H](C(=O)O)C2c3ccccc3-c3ccccc32)cc1. The van der Waals surface area contributed by atoms with Gasteiger partial charge in [0, 0.05) is 24.1 Å². The number of carbonyl (C=O) groups is 3. The van der Waals surface area contributed by atoms with E-state index in [9.17, 15) is 19.5 Å². The third kappa shape index (κ3) is 3.55. The summed E-state index contributed by atoms with van der Waals surface area (Å²) >= 11 is 0. The molecule has 0 radical (unpaired) electrons. The van der Waals surface area contributed by atoms with Crippen molar-refractivity contribution >= 4 is 23.5 Å². The first kappa shape index (κ1) is 19.4. The van der Waals surface area contributed by atoms with E-state index in [-0.39, 0.29) is 5.91 Å². The molecule has 2 amide bonds. The topological polar surface area (TPSA) is 95.5 Å². The number of carbonyl (C=O) groups excluding carboxylic acids is 2. The summed E-state index contributed by atoms with van der Waals surface area (Å²) in [5.74, 6) is -2.29. The molecule has 0 aliphatic heterocycles. The lowest BCUT2D eigenvalue weighted by atomic mass is 9.89. The fourth-order valence-electron chi connectivity index (χ4n) is 3.97. The maximum atomic E-state index is 12.8. The lowest BCUT2D eigenvalue weighted by molar-refractivity contribution is -0.139. The highest BCUT2D eigenvalue weighted by Gasteiger charge is 2.38. The van der Waals surface area contributed by atoms with E-state index in [4.69, 9.17) is 0 Å². The van der Waals surface area contributed by atoms with Gasteiger partial charge in [0.05, 0.1) is 0 Å². The number of fused-ring (bicyclic) bond motifs is 3. The average molecular weight is 400 g/mol. The zero-order chi connectivity index (χ0) is 21.3. The predicted molar refractivity (Wildman–Crippen MR) is 113 cm³/mol. The lowest BCUT2D eigenvalue weighted by Crippen LogP contribution is -2.44. The Bertz CT molecular complexity index is 1090. The van der Waals surface area contributed by atoms with Gasteiger partial charge in [-0.05, 0) is 46.5 Å². The van der Waals surface area contributed by atoms with Gasteiger partial charge in [0.1, 0.15) is 6.04 Å². The minimum absolute atomic E-state index is 0.211. The summed E-state index contributed by atoms with van der Waals surface area (Å²) in [4.78, 5) is 36.1. The van der Waals surface area contributed by atoms with Gasteiger partial charge in [-0.2, -0.15) is 0 Å². The van der Waals surface area contributed by atoms with Gasteiger partial charge in [-0.3, -0.25) is 9.59 Å². The van der Waals surface area contributed by atoms with Crippen LogP contribution in [0.3, 0.4) is 0 Å². The number of rotatable bonds is 5. The zero-order valence-corrected chi connectivity index (χ0v) is 16.3. The molecule has 1 aliphatic carbocycles. The zero-order valence-electron chi connectivity index (χ0n) is 16.3. The number of hydrogen-bond acceptors (Lipinski definition) is 3. The normalized spacial score (nSPS) is 13.1. The third-order valence-electron chi connectivity index (χ3n) is 5.24. The summed E-state index contributed by atoms with van der Waals surface area (Å²) in [6, 6.07) is 20.5. The van der Waals surface area contributed by atoms with Crippen molar-refractivity contribution < 1.29 is 19.5 Å². The maximum Gasteiger partial charge on any atom is 0.327 e. The Morgan fingerprint density at radius 3 is 1.87 bits per heavy atom. The minimum atomic E-state index is -1.13. The van der Waals surface area contributed by atoms with E-state index >= 15 is 0 Å². The fourth-order valence-corrected chi connectivity index (χ4v) is 3.97. The molecule has 1 aliphatic rings. The summed E-state index contributed by atoms with van der Waals surface area (Å²) < 4.78 is 0. The molecule has 0 spiro atoms. The van der Waals surface area contributed by atoms with E-state index in [1.165, 1.54) is 6.92 Å². The summed E-state index contributed by atoms with van der Waals surface area (Å²) in [6.45, 7) is 1.40. The first-order valence-corrected chi connectivity index (χ1v) is 9.55. The van der Waals surface area contributed by atoms with E-state index < -0.39 is 23.8 Å². The monoisotopic (exact) mass is 400 g/mol. The first-order chi connectivity index (χ1) is 14.5. The molecule has 0 aromatic heterocycles. The van der Waals surface area contributed by atoms with Gasteiger partial charge >= 0.3 is 5.97 Å². The Kier molecular flexibility index (Phi) is 5.06. The standard InChI is InChI=1S/C24H20N2O4/c1-14(27)25-16-12-10-15(11-13-16)23(28)26-22(24(29)30)21-19-8-4-2-6-17(19)18-7-3-5-9-20(18)21/h2-13,21-22H,1H3,(H,25,27)(H,26,28)(H,29,30)/t22-/m0/s1. The molecule has 3 N–H and O–H groups in total. The highest BCUT2D eigenvalue weighted by atomic mass is 16.4. The van der Waals surface area contributed by atoms with Crippen LogP contribution in [0.15, 0.2) is 72.8 Å². The Morgan fingerprint density at radius 1 is 0.833 bits per heavy atom. The molecule has 0 unspecified atom stereocenters. The molecular formula is C24H20N2O4. The van der Waals surface area contributed by atoms with Gasteiger partial charge < -0.3 is 15.7 Å². The predicted octanol–water partition coefficient (Wildman–Crippen LogP) is 3.64. The summed E-state index contributed by atoms with van der Waals surface area (Å²) in [7, 11) is 0. The molecule has 0 fully saturated rings. The molecule has 0 bridgehead atoms. The van der Waals surface area contributed by atoms with Crippen molar-refractivity contribution in [1.29, 1.82) is 0 Å². The van der Waals surface area contributed by atoms with Crippen LogP contribution in [-0.4, -0.2) is 28.9 Å². The second kappa shape index (κ2) is 7.83. The van der Waals surface area contributed by atoms with Crippen molar-refractivity contribution in [3.63, 3.8) is 0 Å². The van der Waals surface area contributed by atoms with Gasteiger partial charge in [-0.15, -0.1) is 0 Å². The van der Waals surface area contributed by atoms with Crippen molar-refractivity contribution in [2.24, 2.45) is 0 Å². The molecule has 0 saturated heterocycles. The highest BCUT2D eigenvalue weighted by Crippen LogP contribution is 2.46. The van der Waals surface area contributed by atoms with Gasteiger partial charge in [0.2, 0.25) is 5.91 Å². The number of anilines is 1. The molecule has 4 rings (SSSR count). The summed E-state index contributed by atoms with van der Waals surface area (Å²) in [6.07, 6.45) is 0. The lowest BCUT2D eigenvalue weighted by Gasteiger charge is -2.23. The van der Waals surface area contributed by atoms with Crippen LogP contribution in [-0.2, 0) is 9.59 Å². The number of benzene rings is 3. The second-order valence-corrected chi connectivity index (χ2v) is 7.20. The molecule has 6 nitrogen and oxygen atoms in total. The Morgan fingerprint density at radius 2 is 1.37 bits per heavy atom. The summed E-state index contributed by atoms with van der Waals surface area (Å²) in [5.41, 5.74) is 4.61. The van der Waals surface area contributed by atoms with E-state index in [0.29, 0.717) is 11.3 Å². The molecule has 3 aromatic rings. The molecule has 6 heteroatoms. The number of carboxylic acid groups (broad SMARTS) is 1. The van der Waals surface area contributed by atoms with Gasteiger partial charge in [-0.25, -0.2) is 4.79 Å². The van der Waals surface area contributed by atoms with Crippen molar-refractivity contribution in [3.8, 4) is 11.1 Å². The number of amides is 2. The van der Waals surface area contributed by atoms with E-state index in [0.717, 1.165) is 22.3 Å². The minimum Gasteiger partial charge on any atom is -0.480 e. The molecule has 150 valence electrons. The molecular weight excluding hydrogens is 380 g/mol. The quantitative estimate of drug-likeness (QED) is 0.609. The van der Waals surface area contributed by atoms with Crippen LogP contribution in [0.2, 0.25) is 0 Å². The first-order valence-electron chi connectivity index (χ1n) is 9.55. The van der Waals surface area contributed by atoms with Crippen molar-refractivity contribution in [3.05, 3.63) is 89.5 Å². The van der Waals surface area contributed by atoms with Crippen LogP contribution in [0.1, 0.15) is 34.3 Å². The van der Waals surface area contributed by atoms with E-state index in [2.05, 4.69) is 10.6 Å². The third-order valence-corrected chi connectivity index (χ3v) is 5.24. The van der Waals surface area contributed by atoms with E-state index in [1.54, 1.807) is 24.3 Å². The van der Waals surface area contributed by atoms with Crippen LogP contribution in [0.5, 0.6) is 0 Å². The van der Waals surface area contributed by atoms with Crippen molar-refractivity contribution in [2.45, 2.75) is 18.9 Å². The van der Waals surface area contributed by atoms with Gasteiger partial charge in [0.15, 0.2) is 0 Å². The number of carboxylic acids is 1. The smallest absolute Gasteiger partial charge is 0.327 e. The van der Waals surface area contributed by atoms with Crippen LogP contribution in [0.25, 0.3) is 11.1 Å². The van der Waals surface area contributed by atoms with Gasteiger partial charge in [0.25, 0.3) is 5.91 Å². The molecule has 30 heavy (non-hydrogen) atoms. The summed E-state index contributed by atoms with van der Waals surface area (Å²) in [5, 5.41) is 15.3. The molecule has 3 aromatic carbocycles. The number of hydrogen-bond donors (Lipinski definition) is 3. The van der Waals surface area contributed by atoms with Crippen LogP contribution >= 0.6 is 0 Å². The van der Waals surface area contributed by atoms with Crippen LogP contribution in [0, 0.1) is 0 Å². The van der Waals surface area contributed by atoms with Crippen LogP contribution < -0.4 is 10.6 Å². The fraction of sp³-hybridized carbons (Fsp3) is 0.125. The largest absolute Gasteiger partial charge is 0.480 e. The van der Waals surface area contributed by atoms with Crippen molar-refractivity contribution in [1.82, 2.24) is 5.32 Å². The highest BCUT2D eigenvalue weighted by molar-refractivity contribution is 5.98. The van der Waals surface area contributed by atoms with Crippen molar-refractivity contribution in [2.75, 3.05) is 5.32 Å². The molecule has 0 heterocycles. The Balaban J connectivity index is 1.64. The number of aliphatic carboxylic acids is 1. The van der Waals surface area contributed by atoms with Crippen LogP contribution in [0.4, 0.5) is 5.69 Å². The maximum absolute atomic E-state index is 12.8. The second-order valence-electron chi connectivity index (χ2n) is 7.20. The van der Waals surface area contributed by atoms with Gasteiger partial charge in [-0.1, -0.05) is 48.5 Å². The Hall–Kier alpha value is -3.93. The molecule has 0 saturated carbocycles. The average Bonchev–Trinajstić information content (AvgIpc) is 3.06. The Labute approximate surface area is 173 Å². The van der Waals surface area contributed by atoms with E-state index in [1.807, 2.05) is 48.5 Å². The molecule has 1 atom stereocenters. The number of nitrogens with one attached hydrogen (secondary N) is 2.